The van der Waals surface area contributed by atoms with Crippen LogP contribution in [-0.2, 0) is 25.7 Å². The van der Waals surface area contributed by atoms with Gasteiger partial charge in [0.2, 0.25) is 5.91 Å². The van der Waals surface area contributed by atoms with Crippen LogP contribution in [0.3, 0.4) is 0 Å². The summed E-state index contributed by atoms with van der Waals surface area (Å²) in [5, 5.41) is 24.4. The predicted molar refractivity (Wildman–Crippen MR) is 128 cm³/mol. The van der Waals surface area contributed by atoms with Crippen molar-refractivity contribution in [3.63, 3.8) is 0 Å². The highest BCUT2D eigenvalue weighted by Gasteiger charge is 2.39. The maximum Gasteiger partial charge on any atom is 0.408 e. The molecule has 1 aromatic carbocycles. The lowest BCUT2D eigenvalue weighted by atomic mass is 9.86. The zero-order valence-corrected chi connectivity index (χ0v) is 21.1. The number of carbonyl (C=O) groups excluding carboxylic acids is 3. The Morgan fingerprint density at radius 2 is 1.59 bits per heavy atom. The average molecular weight is 481 g/mol. The molecular formula is C25H40N2O7. The number of benzene rings is 1. The Morgan fingerprint density at radius 3 is 2.09 bits per heavy atom. The van der Waals surface area contributed by atoms with E-state index < -0.39 is 47.0 Å². The summed E-state index contributed by atoms with van der Waals surface area (Å²) in [4.78, 5) is 38.9. The summed E-state index contributed by atoms with van der Waals surface area (Å²) in [7, 11) is 0. The second-order valence-electron chi connectivity index (χ2n) is 10.3. The zero-order chi connectivity index (χ0) is 25.9. The van der Waals surface area contributed by atoms with Gasteiger partial charge in [0.05, 0.1) is 18.6 Å². The van der Waals surface area contributed by atoms with Crippen LogP contribution in [-0.4, -0.2) is 59.1 Å². The van der Waals surface area contributed by atoms with E-state index in [1.165, 1.54) is 0 Å². The van der Waals surface area contributed by atoms with Crippen LogP contribution in [0.4, 0.5) is 4.79 Å². The summed E-state index contributed by atoms with van der Waals surface area (Å²) in [5.41, 5.74) is -0.528. The Balaban J connectivity index is 3.18. The first-order chi connectivity index (χ1) is 15.8. The van der Waals surface area contributed by atoms with E-state index in [0.717, 1.165) is 5.56 Å². The quantitative estimate of drug-likeness (QED) is 0.358. The molecule has 4 N–H and O–H groups in total. The fraction of sp³-hybridized carbons (Fsp3) is 0.640. The molecule has 0 aliphatic carbocycles. The highest BCUT2D eigenvalue weighted by molar-refractivity contribution is 5.91. The number of carbonyl (C=O) groups is 3. The van der Waals surface area contributed by atoms with Crippen LogP contribution in [0.5, 0.6) is 0 Å². The third kappa shape index (κ3) is 10.5. The van der Waals surface area contributed by atoms with E-state index in [1.807, 2.05) is 39.0 Å². The number of hydrogen-bond donors (Lipinski definition) is 4. The summed E-state index contributed by atoms with van der Waals surface area (Å²) in [5.74, 6) is -2.42. The van der Waals surface area contributed by atoms with Crippen LogP contribution in [0.25, 0.3) is 0 Å². The molecule has 0 spiro atoms. The number of amides is 2. The van der Waals surface area contributed by atoms with Crippen molar-refractivity contribution in [3.05, 3.63) is 35.9 Å². The third-order valence-electron chi connectivity index (χ3n) is 5.10. The van der Waals surface area contributed by atoms with Gasteiger partial charge in [0.1, 0.15) is 18.2 Å². The number of esters is 1. The van der Waals surface area contributed by atoms with Gasteiger partial charge in [-0.15, -0.1) is 0 Å². The first-order valence-electron chi connectivity index (χ1n) is 11.5. The third-order valence-corrected chi connectivity index (χ3v) is 5.10. The lowest BCUT2D eigenvalue weighted by Gasteiger charge is -2.33. The molecule has 0 bridgehead atoms. The molecule has 0 heterocycles. The van der Waals surface area contributed by atoms with Gasteiger partial charge in [0.25, 0.3) is 0 Å². The minimum absolute atomic E-state index is 0.00265. The summed E-state index contributed by atoms with van der Waals surface area (Å²) in [6, 6.07) is 7.11. The molecule has 0 unspecified atom stereocenters. The maximum atomic E-state index is 13.3. The molecule has 0 aromatic heterocycles. The molecule has 34 heavy (non-hydrogen) atoms. The Hall–Kier alpha value is -2.65. The minimum atomic E-state index is -1.33. The van der Waals surface area contributed by atoms with E-state index in [2.05, 4.69) is 10.6 Å². The molecule has 0 saturated heterocycles. The number of aliphatic hydroxyl groups is 2. The summed E-state index contributed by atoms with van der Waals surface area (Å²) >= 11 is 0. The first-order valence-corrected chi connectivity index (χ1v) is 11.5. The highest BCUT2D eigenvalue weighted by atomic mass is 16.6. The fourth-order valence-electron chi connectivity index (χ4n) is 3.15. The summed E-state index contributed by atoms with van der Waals surface area (Å²) in [6.45, 7) is 10.1. The molecule has 1 aromatic rings. The average Bonchev–Trinajstić information content (AvgIpc) is 2.73. The summed E-state index contributed by atoms with van der Waals surface area (Å²) in [6.07, 6.45) is -0.556. The minimum Gasteiger partial charge on any atom is -0.461 e. The van der Waals surface area contributed by atoms with Crippen molar-refractivity contribution in [2.75, 3.05) is 13.2 Å². The Kier molecular flexibility index (Phi) is 11.5. The van der Waals surface area contributed by atoms with Crippen LogP contribution >= 0.6 is 0 Å². The van der Waals surface area contributed by atoms with Crippen molar-refractivity contribution in [1.82, 2.24) is 10.6 Å². The van der Waals surface area contributed by atoms with Gasteiger partial charge in [-0.2, -0.15) is 0 Å². The highest BCUT2D eigenvalue weighted by Crippen LogP contribution is 2.21. The van der Waals surface area contributed by atoms with Gasteiger partial charge in [0, 0.05) is 6.61 Å². The SMILES string of the molecule is CC(C)(C)OC(=O)N[C@@H](C(=O)N[C@H](CO)C(C)(C)C)[C@H](CCCO)C(=O)OCc1ccccc1. The normalized spacial score (nSPS) is 14.5. The number of nitrogens with one attached hydrogen (secondary N) is 2. The fourth-order valence-corrected chi connectivity index (χ4v) is 3.15. The molecule has 2 amide bonds. The Labute approximate surface area is 202 Å². The van der Waals surface area contributed by atoms with Crippen LogP contribution in [0.15, 0.2) is 30.3 Å². The van der Waals surface area contributed by atoms with Gasteiger partial charge < -0.3 is 30.3 Å². The molecule has 1 rings (SSSR count). The van der Waals surface area contributed by atoms with Crippen molar-refractivity contribution in [2.45, 2.75) is 78.7 Å². The molecular weight excluding hydrogens is 440 g/mol. The number of alkyl carbamates (subject to hydrolysis) is 1. The van der Waals surface area contributed by atoms with E-state index in [0.29, 0.717) is 0 Å². The van der Waals surface area contributed by atoms with Crippen molar-refractivity contribution < 1.29 is 34.1 Å². The van der Waals surface area contributed by atoms with Gasteiger partial charge in [-0.1, -0.05) is 51.1 Å². The smallest absolute Gasteiger partial charge is 0.408 e. The molecule has 0 aliphatic rings. The van der Waals surface area contributed by atoms with Crippen LogP contribution in [0, 0.1) is 11.3 Å². The molecule has 0 saturated carbocycles. The number of ether oxygens (including phenoxy) is 2. The first kappa shape index (κ1) is 29.4. The van der Waals surface area contributed by atoms with E-state index >= 15 is 0 Å². The maximum absolute atomic E-state index is 13.3. The van der Waals surface area contributed by atoms with Crippen molar-refractivity contribution in [1.29, 1.82) is 0 Å². The van der Waals surface area contributed by atoms with E-state index in [1.54, 1.807) is 32.9 Å². The van der Waals surface area contributed by atoms with Gasteiger partial charge in [-0.05, 0) is 44.6 Å². The van der Waals surface area contributed by atoms with Gasteiger partial charge in [-0.25, -0.2) is 4.79 Å². The molecule has 9 heteroatoms. The molecule has 0 radical (unpaired) electrons. The van der Waals surface area contributed by atoms with Gasteiger partial charge in [0.15, 0.2) is 0 Å². The second kappa shape index (κ2) is 13.3. The Morgan fingerprint density at radius 1 is 0.971 bits per heavy atom. The van der Waals surface area contributed by atoms with Gasteiger partial charge >= 0.3 is 12.1 Å². The van der Waals surface area contributed by atoms with Crippen LogP contribution < -0.4 is 10.6 Å². The largest absolute Gasteiger partial charge is 0.461 e. The van der Waals surface area contributed by atoms with Crippen molar-refractivity contribution in [2.24, 2.45) is 11.3 Å². The topological polar surface area (TPSA) is 134 Å². The molecule has 0 aliphatic heterocycles. The molecule has 9 nitrogen and oxygen atoms in total. The van der Waals surface area contributed by atoms with E-state index in [4.69, 9.17) is 9.47 Å². The summed E-state index contributed by atoms with van der Waals surface area (Å²) < 4.78 is 10.8. The van der Waals surface area contributed by atoms with Crippen molar-refractivity contribution in [3.8, 4) is 0 Å². The van der Waals surface area contributed by atoms with E-state index in [9.17, 15) is 24.6 Å². The zero-order valence-electron chi connectivity index (χ0n) is 21.1. The number of aliphatic hydroxyl groups excluding tert-OH is 2. The lowest BCUT2D eigenvalue weighted by Crippen LogP contribution is -2.58. The van der Waals surface area contributed by atoms with Crippen molar-refractivity contribution >= 4 is 18.0 Å². The number of rotatable bonds is 11. The van der Waals surface area contributed by atoms with E-state index in [-0.39, 0.29) is 32.7 Å². The van der Waals surface area contributed by atoms with Crippen LogP contribution in [0.1, 0.15) is 59.9 Å². The predicted octanol–water partition coefficient (Wildman–Crippen LogP) is 2.54. The van der Waals surface area contributed by atoms with Crippen LogP contribution in [0.2, 0.25) is 0 Å². The second-order valence-corrected chi connectivity index (χ2v) is 10.3. The molecule has 192 valence electrons. The molecule has 0 fully saturated rings. The van der Waals surface area contributed by atoms with Gasteiger partial charge in [-0.3, -0.25) is 9.59 Å². The Bertz CT molecular complexity index is 785. The molecule has 3 atom stereocenters. The lowest BCUT2D eigenvalue weighted by molar-refractivity contribution is -0.153. The number of hydrogen-bond acceptors (Lipinski definition) is 7. The standard InChI is InChI=1S/C25H40N2O7/c1-24(2,3)19(15-29)26-21(30)20(27-23(32)34-25(4,5)6)18(13-10-14-28)22(31)33-16-17-11-8-7-9-12-17/h7-9,11-12,18-20,28-29H,10,13-16H2,1-6H3,(H,26,30)(H,27,32)/t18-,19+,20+/m0/s1. The monoisotopic (exact) mass is 480 g/mol.